The molecule has 15 nitrogen and oxygen atoms in total. The zero-order valence-electron chi connectivity index (χ0n) is 17.7. The van der Waals surface area contributed by atoms with Gasteiger partial charge in [0.2, 0.25) is 5.95 Å². The number of carboxylic acid groups (broad SMARTS) is 2. The van der Waals surface area contributed by atoms with Crippen molar-refractivity contribution in [3.8, 4) is 0 Å². The molecular weight excluding hydrogens is 509 g/mol. The first-order chi connectivity index (χ1) is 16.6. The van der Waals surface area contributed by atoms with E-state index in [1.54, 1.807) is 12.1 Å². The Bertz CT molecular complexity index is 1280. The van der Waals surface area contributed by atoms with Gasteiger partial charge in [-0.2, -0.15) is 4.98 Å². The number of hydrogen-bond acceptors (Lipinski definition) is 11. The van der Waals surface area contributed by atoms with Crippen LogP contribution in [0.5, 0.6) is 0 Å². The number of carbonyl (C=O) groups is 3. The van der Waals surface area contributed by atoms with Crippen molar-refractivity contribution in [2.45, 2.75) is 25.4 Å². The van der Waals surface area contributed by atoms with Crippen LogP contribution in [0.1, 0.15) is 28.9 Å². The van der Waals surface area contributed by atoms with Crippen molar-refractivity contribution in [1.29, 1.82) is 0 Å². The standard InChI is InChI=1S/C19H19N7O6.Mn.2O/c20-19-25-15-14(17(30)26-19)23-11(8-22-15)7-21-10-3-1-9(2-4-10)16(29)24-12(18(31)32)5-6-13(27)28;;;/h1-4,8,12,21H,5-7H2,(H,24,29)(H,27,28)(H,31,32)(H3,20,22,25,26,30);;;/q;;;-1/t12-;;;/m0.../s1. The summed E-state index contributed by atoms with van der Waals surface area (Å²) in [6, 6.07) is 4.86. The van der Waals surface area contributed by atoms with E-state index in [2.05, 4.69) is 30.6 Å². The van der Waals surface area contributed by atoms with Crippen LogP contribution in [0.2, 0.25) is 0 Å². The number of aromatic nitrogens is 4. The molecule has 0 aliphatic carbocycles. The van der Waals surface area contributed by atoms with Crippen LogP contribution in [0.3, 0.4) is 0 Å². The molecule has 0 saturated carbocycles. The molecular formula is C19H19MnN7O8-. The second-order valence-corrected chi connectivity index (χ2v) is 6.97. The van der Waals surface area contributed by atoms with E-state index in [1.165, 1.54) is 18.3 Å². The summed E-state index contributed by atoms with van der Waals surface area (Å²) in [6.45, 7) is 0.231. The number of nitrogens with one attached hydrogen (secondary N) is 3. The fourth-order valence-electron chi connectivity index (χ4n) is 2.75. The fraction of sp³-hybridized carbons (Fsp3) is 0.211. The second kappa shape index (κ2) is 12.8. The van der Waals surface area contributed by atoms with Crippen molar-refractivity contribution >= 4 is 40.6 Å². The summed E-state index contributed by atoms with van der Waals surface area (Å²) in [4.78, 5) is 60.6. The molecule has 186 valence electrons. The van der Waals surface area contributed by atoms with Gasteiger partial charge in [0.15, 0.2) is 11.2 Å². The molecule has 1 atom stereocenters. The van der Waals surface area contributed by atoms with E-state index >= 15 is 0 Å². The third kappa shape index (κ3) is 8.22. The van der Waals surface area contributed by atoms with Crippen molar-refractivity contribution in [3.63, 3.8) is 0 Å². The van der Waals surface area contributed by atoms with Crippen molar-refractivity contribution in [2.24, 2.45) is 0 Å². The molecule has 3 aromatic rings. The van der Waals surface area contributed by atoms with Crippen LogP contribution < -0.4 is 26.1 Å². The average Bonchev–Trinajstić information content (AvgIpc) is 2.81. The number of carbonyl (C=O) groups excluding carboxylic acids is 1. The maximum atomic E-state index is 12.3. The molecule has 0 fully saturated rings. The number of rotatable bonds is 9. The Labute approximate surface area is 202 Å². The van der Waals surface area contributed by atoms with E-state index in [-0.39, 0.29) is 42.1 Å². The van der Waals surface area contributed by atoms with Crippen molar-refractivity contribution < 1.29 is 47.8 Å². The molecule has 7 N–H and O–H groups in total. The molecule has 2 aromatic heterocycles. The van der Waals surface area contributed by atoms with Gasteiger partial charge in [0.05, 0.1) is 18.4 Å². The molecule has 35 heavy (non-hydrogen) atoms. The number of carboxylic acids is 2. The van der Waals surface area contributed by atoms with E-state index in [4.69, 9.17) is 24.0 Å². The summed E-state index contributed by atoms with van der Waals surface area (Å²) in [5, 5.41) is 23.2. The van der Waals surface area contributed by atoms with Crippen LogP contribution in [-0.2, 0) is 35.2 Å². The fourth-order valence-corrected chi connectivity index (χ4v) is 2.75. The molecule has 0 aliphatic heterocycles. The van der Waals surface area contributed by atoms with Crippen molar-refractivity contribution in [1.82, 2.24) is 25.3 Å². The Balaban J connectivity index is 0.00000137. The molecule has 0 aliphatic rings. The van der Waals surface area contributed by atoms with E-state index in [1.807, 2.05) is 0 Å². The first-order valence-electron chi connectivity index (χ1n) is 9.64. The van der Waals surface area contributed by atoms with Crippen LogP contribution in [-0.4, -0.2) is 54.0 Å². The number of fused-ring (bicyclic) bond motifs is 1. The van der Waals surface area contributed by atoms with Gasteiger partial charge >= 0.3 is 35.2 Å². The van der Waals surface area contributed by atoms with E-state index < -0.39 is 44.7 Å². The molecule has 16 heteroatoms. The summed E-state index contributed by atoms with van der Waals surface area (Å²) in [5.41, 5.74) is 6.47. The monoisotopic (exact) mass is 528 g/mol. The molecule has 0 radical (unpaired) electrons. The van der Waals surface area contributed by atoms with Crippen LogP contribution in [0.15, 0.2) is 35.3 Å². The van der Waals surface area contributed by atoms with E-state index in [0.29, 0.717) is 11.4 Å². The predicted octanol–water partition coefficient (Wildman–Crippen LogP) is -1.36. The number of H-pyrrole nitrogens is 1. The van der Waals surface area contributed by atoms with Gasteiger partial charge in [-0.15, -0.1) is 0 Å². The Morgan fingerprint density at radius 3 is 2.43 bits per heavy atom. The number of aliphatic carboxylic acids is 2. The summed E-state index contributed by atoms with van der Waals surface area (Å²) < 4.78 is 16.8. The first kappa shape index (κ1) is 27.0. The van der Waals surface area contributed by atoms with E-state index in [9.17, 15) is 19.2 Å². The van der Waals surface area contributed by atoms with Gasteiger partial charge in [0.25, 0.3) is 11.5 Å². The number of nitrogens with zero attached hydrogens (tertiary/aromatic N) is 3. The number of aromatic amines is 1. The van der Waals surface area contributed by atoms with Gasteiger partial charge in [-0.3, -0.25) is 19.4 Å². The van der Waals surface area contributed by atoms with Gasteiger partial charge in [-0.25, -0.2) is 14.8 Å². The number of amides is 1. The van der Waals surface area contributed by atoms with Crippen molar-refractivity contribution in [3.05, 3.63) is 52.1 Å². The normalized spacial score (nSPS) is 11.1. The number of hydrogen-bond donors (Lipinski definition) is 6. The Morgan fingerprint density at radius 1 is 1.17 bits per heavy atom. The SMILES string of the molecule is Nc1nc2ncc(CNc3ccc(C(=O)N[C@@H](CCC(=O)O)C(=O)O)cc3)nc2c(=O)[nH]1.[O]=[Mn][O-]. The quantitative estimate of drug-likeness (QED) is 0.176. The minimum atomic E-state index is -1.44. The number of anilines is 2. The third-order valence-corrected chi connectivity index (χ3v) is 4.36. The Kier molecular flexibility index (Phi) is 9.89. The predicted molar refractivity (Wildman–Crippen MR) is 113 cm³/mol. The Hall–Kier alpha value is -4.27. The van der Waals surface area contributed by atoms with Crippen LogP contribution >= 0.6 is 0 Å². The van der Waals surface area contributed by atoms with Gasteiger partial charge in [0, 0.05) is 17.7 Å². The zero-order valence-corrected chi connectivity index (χ0v) is 18.9. The van der Waals surface area contributed by atoms with Crippen LogP contribution in [0.4, 0.5) is 11.6 Å². The number of benzene rings is 1. The summed E-state index contributed by atoms with van der Waals surface area (Å²) in [6.07, 6.45) is 0.840. The Morgan fingerprint density at radius 2 is 1.83 bits per heavy atom. The molecule has 1 amide bonds. The molecule has 0 saturated heterocycles. The molecule has 2 heterocycles. The van der Waals surface area contributed by atoms with Gasteiger partial charge in [-0.05, 0) is 30.7 Å². The molecule has 3 rings (SSSR count). The number of nitrogen functional groups attached to an aromatic ring is 1. The van der Waals surface area contributed by atoms with Gasteiger partial charge in [-0.1, -0.05) is 0 Å². The van der Waals surface area contributed by atoms with Gasteiger partial charge in [0.1, 0.15) is 6.04 Å². The van der Waals surface area contributed by atoms with Crippen LogP contribution in [0, 0.1) is 0 Å². The van der Waals surface area contributed by atoms with Gasteiger partial charge < -0.3 is 26.6 Å². The minimum absolute atomic E-state index is 0.0524. The summed E-state index contributed by atoms with van der Waals surface area (Å²) in [5.74, 6) is -3.16. The summed E-state index contributed by atoms with van der Waals surface area (Å²) >= 11 is -1.44. The maximum absolute atomic E-state index is 12.3. The molecule has 1 aromatic carbocycles. The first-order valence-corrected chi connectivity index (χ1v) is 10.6. The topological polar surface area (TPSA) is 253 Å². The van der Waals surface area contributed by atoms with E-state index in [0.717, 1.165) is 0 Å². The zero-order chi connectivity index (χ0) is 26.0. The molecule has 0 unspecified atom stereocenters. The average molecular weight is 528 g/mol. The molecule has 0 spiro atoms. The summed E-state index contributed by atoms with van der Waals surface area (Å²) in [7, 11) is 0. The second-order valence-electron chi connectivity index (χ2n) is 6.78. The van der Waals surface area contributed by atoms with Crippen LogP contribution in [0.25, 0.3) is 11.2 Å². The number of nitrogens with two attached hydrogens (primary N) is 1. The van der Waals surface area contributed by atoms with Crippen molar-refractivity contribution in [2.75, 3.05) is 11.1 Å². The third-order valence-electron chi connectivity index (χ3n) is 4.36. The molecule has 0 bridgehead atoms.